The highest BCUT2D eigenvalue weighted by atomic mass is 16.5. The molecule has 3 heterocycles. The smallest absolute Gasteiger partial charge is 0.345 e. The first-order valence-corrected chi connectivity index (χ1v) is 8.00. The Morgan fingerprint density at radius 2 is 1.85 bits per heavy atom. The van der Waals surface area contributed by atoms with E-state index in [0.29, 0.717) is 16.9 Å². The molecule has 1 N–H and O–H groups in total. The van der Waals surface area contributed by atoms with E-state index in [1.54, 1.807) is 42.6 Å². The van der Waals surface area contributed by atoms with E-state index in [-0.39, 0.29) is 27.7 Å². The summed E-state index contributed by atoms with van der Waals surface area (Å²) in [6, 6.07) is 12.2. The molecule has 4 aromatic rings. The van der Waals surface area contributed by atoms with Gasteiger partial charge in [0.15, 0.2) is 0 Å². The molecular formula is C20H12N2O5. The third-order valence-corrected chi connectivity index (χ3v) is 3.88. The summed E-state index contributed by atoms with van der Waals surface area (Å²) in [7, 11) is 0. The average molecular weight is 360 g/mol. The third-order valence-electron chi connectivity index (χ3n) is 3.88. The molecule has 27 heavy (non-hydrogen) atoms. The standard InChI is InChI=1S/C20H12N2O5/c23-15-7-9-22-18-16(24)10-17(27-19(15)18)12-3-5-14(6-4-12)26-20(25)13-2-1-8-21-11-13/h1-11H,(H,22,23). The number of carbonyl (C=O) groups is 1. The fourth-order valence-corrected chi connectivity index (χ4v) is 2.56. The topological polar surface area (TPSA) is 102 Å². The van der Waals surface area contributed by atoms with Crippen LogP contribution < -0.4 is 15.6 Å². The molecule has 0 bridgehead atoms. The molecular weight excluding hydrogens is 348 g/mol. The number of rotatable bonds is 3. The van der Waals surface area contributed by atoms with Gasteiger partial charge in [-0.3, -0.25) is 14.6 Å². The molecule has 0 radical (unpaired) electrons. The van der Waals surface area contributed by atoms with Crippen molar-refractivity contribution in [3.63, 3.8) is 0 Å². The highest BCUT2D eigenvalue weighted by molar-refractivity contribution is 5.90. The van der Waals surface area contributed by atoms with Crippen LogP contribution >= 0.6 is 0 Å². The predicted octanol–water partition coefficient (Wildman–Crippen LogP) is 2.76. The lowest BCUT2D eigenvalue weighted by Crippen LogP contribution is -2.09. The van der Waals surface area contributed by atoms with Gasteiger partial charge in [0.1, 0.15) is 17.0 Å². The number of ether oxygens (including phenoxy) is 1. The molecule has 0 aliphatic heterocycles. The number of benzene rings is 1. The van der Waals surface area contributed by atoms with Gasteiger partial charge in [0, 0.05) is 36.3 Å². The van der Waals surface area contributed by atoms with Crippen molar-refractivity contribution in [1.82, 2.24) is 9.97 Å². The number of hydrogen-bond donors (Lipinski definition) is 1. The number of fused-ring (bicyclic) bond motifs is 1. The minimum absolute atomic E-state index is 0.0351. The van der Waals surface area contributed by atoms with Crippen molar-refractivity contribution >= 4 is 17.1 Å². The summed E-state index contributed by atoms with van der Waals surface area (Å²) in [5.74, 6) is 0.0440. The second kappa shape index (κ2) is 6.72. The molecule has 0 saturated carbocycles. The van der Waals surface area contributed by atoms with Crippen molar-refractivity contribution in [3.8, 4) is 17.1 Å². The molecule has 0 atom stereocenters. The van der Waals surface area contributed by atoms with Crippen molar-refractivity contribution in [2.24, 2.45) is 0 Å². The number of aromatic amines is 1. The number of nitrogens with one attached hydrogen (secondary N) is 1. The number of aromatic nitrogens is 2. The monoisotopic (exact) mass is 360 g/mol. The summed E-state index contributed by atoms with van der Waals surface area (Å²) in [5, 5.41) is 0. The largest absolute Gasteiger partial charge is 0.450 e. The zero-order valence-corrected chi connectivity index (χ0v) is 13.8. The van der Waals surface area contributed by atoms with Gasteiger partial charge in [-0.25, -0.2) is 4.79 Å². The van der Waals surface area contributed by atoms with Crippen molar-refractivity contribution < 1.29 is 13.9 Å². The third kappa shape index (κ3) is 3.25. The van der Waals surface area contributed by atoms with Gasteiger partial charge in [-0.15, -0.1) is 0 Å². The first-order valence-electron chi connectivity index (χ1n) is 8.00. The highest BCUT2D eigenvalue weighted by Gasteiger charge is 2.11. The fourth-order valence-electron chi connectivity index (χ4n) is 2.56. The van der Waals surface area contributed by atoms with Crippen LogP contribution in [0.15, 0.2) is 81.1 Å². The van der Waals surface area contributed by atoms with E-state index in [9.17, 15) is 14.4 Å². The van der Waals surface area contributed by atoms with Gasteiger partial charge in [-0.2, -0.15) is 0 Å². The summed E-state index contributed by atoms with van der Waals surface area (Å²) in [6.07, 6.45) is 4.37. The van der Waals surface area contributed by atoms with Crippen LogP contribution in [0.3, 0.4) is 0 Å². The summed E-state index contributed by atoms with van der Waals surface area (Å²) in [4.78, 5) is 42.7. The average Bonchev–Trinajstić information content (AvgIpc) is 2.70. The van der Waals surface area contributed by atoms with Gasteiger partial charge < -0.3 is 14.1 Å². The Balaban J connectivity index is 1.64. The Hall–Kier alpha value is -4.00. The van der Waals surface area contributed by atoms with Crippen molar-refractivity contribution in [1.29, 1.82) is 0 Å². The second-order valence-corrected chi connectivity index (χ2v) is 5.68. The maximum Gasteiger partial charge on any atom is 0.345 e. The second-order valence-electron chi connectivity index (χ2n) is 5.68. The van der Waals surface area contributed by atoms with Crippen LogP contribution in [-0.4, -0.2) is 15.9 Å². The number of carbonyl (C=O) groups excluding carboxylic acids is 1. The number of H-pyrrole nitrogens is 1. The molecule has 0 saturated heterocycles. The van der Waals surface area contributed by atoms with Gasteiger partial charge in [0.25, 0.3) is 0 Å². The molecule has 0 amide bonds. The Labute approximate surface area is 151 Å². The minimum atomic E-state index is -0.528. The highest BCUT2D eigenvalue weighted by Crippen LogP contribution is 2.23. The molecule has 0 aliphatic carbocycles. The van der Waals surface area contributed by atoms with E-state index in [2.05, 4.69) is 9.97 Å². The molecule has 4 rings (SSSR count). The zero-order chi connectivity index (χ0) is 18.8. The Bertz CT molecular complexity index is 1240. The SMILES string of the molecule is O=C(Oc1ccc(-c2cc(=O)c3[nH]ccc(=O)c3o2)cc1)c1cccnc1. The predicted molar refractivity (Wildman–Crippen MR) is 97.7 cm³/mol. The van der Waals surface area contributed by atoms with E-state index in [1.807, 2.05) is 0 Å². The van der Waals surface area contributed by atoms with E-state index in [4.69, 9.17) is 9.15 Å². The molecule has 0 unspecified atom stereocenters. The van der Waals surface area contributed by atoms with Crippen LogP contribution in [0.5, 0.6) is 5.75 Å². The summed E-state index contributed by atoms with van der Waals surface area (Å²) >= 11 is 0. The summed E-state index contributed by atoms with van der Waals surface area (Å²) in [5.41, 5.74) is 0.251. The van der Waals surface area contributed by atoms with E-state index >= 15 is 0 Å². The maximum absolute atomic E-state index is 12.2. The first-order chi connectivity index (χ1) is 13.1. The van der Waals surface area contributed by atoms with Crippen LogP contribution in [0.25, 0.3) is 22.4 Å². The van der Waals surface area contributed by atoms with Gasteiger partial charge in [0.05, 0.1) is 5.56 Å². The van der Waals surface area contributed by atoms with Crippen LogP contribution in [-0.2, 0) is 0 Å². The molecule has 1 aromatic carbocycles. The van der Waals surface area contributed by atoms with Crippen molar-refractivity contribution in [3.05, 3.63) is 93.1 Å². The fraction of sp³-hybridized carbons (Fsp3) is 0. The Morgan fingerprint density at radius 1 is 1.04 bits per heavy atom. The molecule has 3 aromatic heterocycles. The number of hydrogen-bond acceptors (Lipinski definition) is 6. The molecule has 0 aliphatic rings. The van der Waals surface area contributed by atoms with Gasteiger partial charge in [0.2, 0.25) is 16.4 Å². The molecule has 0 spiro atoms. The molecule has 132 valence electrons. The van der Waals surface area contributed by atoms with Gasteiger partial charge >= 0.3 is 5.97 Å². The zero-order valence-electron chi connectivity index (χ0n) is 13.8. The number of nitrogens with zero attached hydrogens (tertiary/aromatic N) is 1. The van der Waals surface area contributed by atoms with E-state index < -0.39 is 5.97 Å². The lowest BCUT2D eigenvalue weighted by Gasteiger charge is -2.06. The van der Waals surface area contributed by atoms with Crippen LogP contribution in [0, 0.1) is 0 Å². The lowest BCUT2D eigenvalue weighted by atomic mass is 10.1. The van der Waals surface area contributed by atoms with Crippen molar-refractivity contribution in [2.75, 3.05) is 0 Å². The summed E-state index contributed by atoms with van der Waals surface area (Å²) in [6.45, 7) is 0. The van der Waals surface area contributed by atoms with Gasteiger partial charge in [-0.05, 0) is 36.4 Å². The summed E-state index contributed by atoms with van der Waals surface area (Å²) < 4.78 is 10.9. The Morgan fingerprint density at radius 3 is 2.59 bits per heavy atom. The molecule has 7 heteroatoms. The molecule has 7 nitrogen and oxygen atoms in total. The maximum atomic E-state index is 12.2. The van der Waals surface area contributed by atoms with E-state index in [1.165, 1.54) is 24.5 Å². The van der Waals surface area contributed by atoms with Crippen LogP contribution in [0.1, 0.15) is 10.4 Å². The van der Waals surface area contributed by atoms with Gasteiger partial charge in [-0.1, -0.05) is 0 Å². The number of esters is 1. The lowest BCUT2D eigenvalue weighted by molar-refractivity contribution is 0.0734. The quantitative estimate of drug-likeness (QED) is 0.445. The minimum Gasteiger partial charge on any atom is -0.450 e. The van der Waals surface area contributed by atoms with E-state index in [0.717, 1.165) is 0 Å². The first kappa shape index (κ1) is 16.5. The molecule has 0 fully saturated rings. The normalized spacial score (nSPS) is 10.7. The van der Waals surface area contributed by atoms with Crippen molar-refractivity contribution in [2.45, 2.75) is 0 Å². The van der Waals surface area contributed by atoms with Crippen LogP contribution in [0.2, 0.25) is 0 Å². The van der Waals surface area contributed by atoms with Crippen LogP contribution in [0.4, 0.5) is 0 Å². The number of pyridine rings is 2. The Kier molecular flexibility index (Phi) is 4.10.